The van der Waals surface area contributed by atoms with Crippen molar-refractivity contribution < 1.29 is 52.6 Å². The molecular weight excluding hydrogens is 985 g/mol. The molecule has 0 radical (unpaired) electrons. The number of ketones is 1. The molecule has 0 saturated heterocycles. The van der Waals surface area contributed by atoms with Gasteiger partial charge in [-0.15, -0.1) is 0 Å². The Hall–Kier alpha value is -5.37. The van der Waals surface area contributed by atoms with Gasteiger partial charge in [-0.1, -0.05) is 113 Å². The van der Waals surface area contributed by atoms with Crippen molar-refractivity contribution in [2.24, 2.45) is 29.6 Å². The molecule has 0 aromatic heterocycles. The minimum Gasteiger partial charge on any atom is -0.380 e. The number of rotatable bonds is 31. The lowest BCUT2D eigenvalue weighted by atomic mass is 9.87. The highest BCUT2D eigenvalue weighted by atomic mass is 16.5. The molecule has 440 valence electrons. The first-order valence-electron chi connectivity index (χ1n) is 27.5. The van der Waals surface area contributed by atoms with E-state index in [2.05, 4.69) is 55.9 Å². The van der Waals surface area contributed by atoms with Crippen LogP contribution in [-0.2, 0) is 59.0 Å². The third kappa shape index (κ3) is 28.7. The molecule has 1 aromatic carbocycles. The van der Waals surface area contributed by atoms with Crippen molar-refractivity contribution in [1.29, 1.82) is 0 Å². The van der Waals surface area contributed by atoms with Gasteiger partial charge >= 0.3 is 0 Å². The third-order valence-corrected chi connectivity index (χ3v) is 13.6. The summed E-state index contributed by atoms with van der Waals surface area (Å²) in [7, 11) is 12.2. The number of ether oxygens (including phenoxy) is 2. The summed E-state index contributed by atoms with van der Waals surface area (Å²) in [4.78, 5) is 111. The molecule has 1 heterocycles. The van der Waals surface area contributed by atoms with E-state index >= 15 is 0 Å². The monoisotopic (exact) mass is 1090 g/mol. The van der Waals surface area contributed by atoms with E-state index in [1.54, 1.807) is 45.0 Å². The van der Waals surface area contributed by atoms with Crippen LogP contribution in [0.5, 0.6) is 0 Å². The van der Waals surface area contributed by atoms with Gasteiger partial charge in [0.2, 0.25) is 29.5 Å². The second kappa shape index (κ2) is 40.8. The molecule has 4 N–H and O–H groups in total. The van der Waals surface area contributed by atoms with Crippen LogP contribution in [0.1, 0.15) is 134 Å². The van der Waals surface area contributed by atoms with Crippen LogP contribution in [0.15, 0.2) is 36.4 Å². The van der Waals surface area contributed by atoms with Crippen LogP contribution in [0.2, 0.25) is 0 Å². The highest BCUT2D eigenvalue weighted by Crippen LogP contribution is 2.25. The van der Waals surface area contributed by atoms with Crippen molar-refractivity contribution in [3.8, 4) is 0 Å². The molecule has 19 nitrogen and oxygen atoms in total. The first-order chi connectivity index (χ1) is 36.2. The average Bonchev–Trinajstić information content (AvgIpc) is 3.70. The number of anilines is 1. The molecule has 19 heteroatoms. The van der Waals surface area contributed by atoms with Gasteiger partial charge in [0.05, 0.1) is 55.9 Å². The lowest BCUT2D eigenvalue weighted by Gasteiger charge is -2.37. The number of aldehydes is 1. The van der Waals surface area contributed by atoms with Crippen LogP contribution in [-0.4, -0.2) is 179 Å². The van der Waals surface area contributed by atoms with Crippen LogP contribution in [0.4, 0.5) is 5.69 Å². The Morgan fingerprint density at radius 3 is 1.84 bits per heavy atom. The summed E-state index contributed by atoms with van der Waals surface area (Å²) in [6, 6.07) is 6.66. The van der Waals surface area contributed by atoms with Gasteiger partial charge in [0.25, 0.3) is 11.8 Å². The summed E-state index contributed by atoms with van der Waals surface area (Å²) in [5.41, 5.74) is 1.67. The number of hydrogen-bond donors (Lipinski definition) is 4. The Morgan fingerprint density at radius 1 is 0.779 bits per heavy atom. The highest BCUT2D eigenvalue weighted by Gasteiger charge is 2.34. The fraction of sp³-hybridized carbons (Fsp3) is 0.707. The summed E-state index contributed by atoms with van der Waals surface area (Å²) in [5.74, 6) is -0.502. The van der Waals surface area contributed by atoms with Crippen LogP contribution in [0.25, 0.3) is 0 Å². The maximum atomic E-state index is 13.2. The highest BCUT2D eigenvalue weighted by molar-refractivity contribution is 6.13. The van der Waals surface area contributed by atoms with Crippen molar-refractivity contribution in [2.75, 3.05) is 81.0 Å². The van der Waals surface area contributed by atoms with E-state index in [1.807, 2.05) is 84.9 Å². The lowest BCUT2D eigenvalue weighted by Crippen LogP contribution is -2.54. The van der Waals surface area contributed by atoms with Crippen LogP contribution >= 0.6 is 0 Å². The van der Waals surface area contributed by atoms with E-state index in [0.29, 0.717) is 30.9 Å². The molecule has 0 aliphatic carbocycles. The van der Waals surface area contributed by atoms with Gasteiger partial charge in [0.1, 0.15) is 12.1 Å². The van der Waals surface area contributed by atoms with Crippen LogP contribution in [0.3, 0.4) is 0 Å². The third-order valence-electron chi connectivity index (χ3n) is 13.6. The Kier molecular flexibility index (Phi) is 39.0. The fourth-order valence-electron chi connectivity index (χ4n) is 8.69. The van der Waals surface area contributed by atoms with E-state index in [4.69, 9.17) is 9.47 Å². The number of carbonyl (C=O) groups excluding carboxylic acids is 9. The second-order valence-corrected chi connectivity index (χ2v) is 20.8. The first-order valence-corrected chi connectivity index (χ1v) is 27.5. The van der Waals surface area contributed by atoms with E-state index in [9.17, 15) is 43.2 Å². The fourth-order valence-corrected chi connectivity index (χ4v) is 8.69. The summed E-state index contributed by atoms with van der Waals surface area (Å²) < 4.78 is 11.3. The van der Waals surface area contributed by atoms with Gasteiger partial charge in [0.15, 0.2) is 0 Å². The molecule has 77 heavy (non-hydrogen) atoms. The zero-order chi connectivity index (χ0) is 59.5. The molecule has 1 aliphatic rings. The molecule has 2 rings (SSSR count). The number of nitrogens with zero attached hydrogens (tertiary/aromatic N) is 4. The topological polar surface area (TPSA) is 233 Å². The van der Waals surface area contributed by atoms with Gasteiger partial charge in [0, 0.05) is 59.1 Å². The van der Waals surface area contributed by atoms with Crippen LogP contribution < -0.4 is 21.3 Å². The standard InChI is InChI=1S/C29H50N4O4.C20H39N3O4.C6H5NO3.C3H8/c1-9-20(2)12-10-13-21(3)27(37-8)22(4)29(36)33(7)17-16-24-14-11-15-25(18-24)32-26(34)19-31-28(35)23(5)30-6;1-10-14(4)19(16(27-9)11-15(5)24)23(8)17(25)12-21-20(26)18(13(2)3)22(6)7;8-4-3-7-5(9)1-2-6(7)10;1-3-2/h11,14-15,18,20-23,27,30H,9-10,12-13,16-17,19H2,1-8H3,(H,31,35)(H,32,34);13-14,16,18-19H,10-12H2,1-9H3,(H,21,26);1-2,4H,3H2;3H2,1-2H3. The van der Waals surface area contributed by atoms with Gasteiger partial charge in [-0.25, -0.2) is 0 Å². The number of likely N-dealkylation sites (N-methyl/N-ethyl adjacent to an activating group) is 4. The average molecular weight is 1090 g/mol. The maximum absolute atomic E-state index is 13.2. The number of carbonyl (C=O) groups is 9. The molecule has 1 aromatic rings. The predicted octanol–water partition coefficient (Wildman–Crippen LogP) is 5.94. The SMILES string of the molecule is CCC.CCC(C)C(C(CC(C)=O)OC)N(C)C(=O)CNC(=O)C(C(C)C)N(C)C.CCC(C)CCCC(C)C(OC)C(C)C(=O)N(C)CCc1cccc(NC(=O)CNC(=O)C(C)NC)c1.O=CCN1C(=O)C=CC1=O. The van der Waals surface area contributed by atoms with E-state index < -0.39 is 11.8 Å². The van der Waals surface area contributed by atoms with Gasteiger partial charge < -0.3 is 45.3 Å². The molecule has 0 spiro atoms. The summed E-state index contributed by atoms with van der Waals surface area (Å²) in [5, 5.41) is 11.0. The molecule has 0 fully saturated rings. The van der Waals surface area contributed by atoms with Crippen molar-refractivity contribution in [3.05, 3.63) is 42.0 Å². The van der Waals surface area contributed by atoms with Crippen LogP contribution in [0, 0.1) is 29.6 Å². The molecular formula is C58H102N8O11. The predicted molar refractivity (Wildman–Crippen MR) is 306 cm³/mol. The van der Waals surface area contributed by atoms with Crippen molar-refractivity contribution in [3.63, 3.8) is 0 Å². The van der Waals surface area contributed by atoms with Gasteiger partial charge in [-0.2, -0.15) is 0 Å². The minimum absolute atomic E-state index is 0.0232. The summed E-state index contributed by atoms with van der Waals surface area (Å²) in [6.07, 6.45) is 9.97. The Balaban J connectivity index is 0. The Labute approximate surface area is 463 Å². The minimum atomic E-state index is -0.419. The van der Waals surface area contributed by atoms with Crippen molar-refractivity contribution in [2.45, 2.75) is 165 Å². The molecule has 7 amide bonds. The quantitative estimate of drug-likeness (QED) is 0.0499. The maximum Gasteiger partial charge on any atom is 0.254 e. The number of imide groups is 1. The number of benzene rings is 1. The zero-order valence-corrected chi connectivity index (χ0v) is 50.6. The number of hydrogen-bond acceptors (Lipinski definition) is 13. The van der Waals surface area contributed by atoms with E-state index in [-0.39, 0.29) is 109 Å². The van der Waals surface area contributed by atoms with Crippen molar-refractivity contribution in [1.82, 2.24) is 35.6 Å². The van der Waals surface area contributed by atoms with E-state index in [0.717, 1.165) is 47.8 Å². The number of amides is 7. The van der Waals surface area contributed by atoms with Gasteiger partial charge in [-0.05, 0) is 89.2 Å². The lowest BCUT2D eigenvalue weighted by molar-refractivity contribution is -0.140. The number of methoxy groups -OCH3 is 2. The smallest absolute Gasteiger partial charge is 0.254 e. The van der Waals surface area contributed by atoms with Gasteiger partial charge in [-0.3, -0.25) is 48.2 Å². The Morgan fingerprint density at radius 2 is 1.36 bits per heavy atom. The summed E-state index contributed by atoms with van der Waals surface area (Å²) >= 11 is 0. The molecule has 9 atom stereocenters. The first kappa shape index (κ1) is 73.7. The molecule has 1 aliphatic heterocycles. The second-order valence-electron chi connectivity index (χ2n) is 20.8. The normalized spacial score (nSPS) is 15.3. The Bertz CT molecular complexity index is 1950. The number of Topliss-reactive ketones (excluding diaryl/α,β-unsaturated/α-hetero) is 1. The molecule has 0 bridgehead atoms. The van der Waals surface area contributed by atoms with E-state index in [1.165, 1.54) is 26.2 Å². The summed E-state index contributed by atoms with van der Waals surface area (Å²) in [6.45, 7) is 24.4. The molecule has 0 saturated carbocycles. The molecule has 9 unspecified atom stereocenters. The largest absolute Gasteiger partial charge is 0.380 e. The zero-order valence-electron chi connectivity index (χ0n) is 50.6. The van der Waals surface area contributed by atoms with Crippen molar-refractivity contribution >= 4 is 59.1 Å². The number of nitrogens with one attached hydrogen (secondary N) is 4.